The van der Waals surface area contributed by atoms with E-state index >= 15 is 0 Å². The van der Waals surface area contributed by atoms with Crippen LogP contribution in [0, 0.1) is 23.4 Å². The molecule has 0 N–H and O–H groups in total. The van der Waals surface area contributed by atoms with Crippen LogP contribution in [0.25, 0.3) is 11.1 Å². The van der Waals surface area contributed by atoms with Crippen molar-refractivity contribution in [1.29, 1.82) is 0 Å². The van der Waals surface area contributed by atoms with Gasteiger partial charge in [0, 0.05) is 0 Å². The fraction of sp³-hybridized carbons (Fsp3) is 0.263. The second kappa shape index (κ2) is 5.99. The molecule has 0 nitrogen and oxygen atoms in total. The van der Waals surface area contributed by atoms with Crippen molar-refractivity contribution in [2.24, 2.45) is 5.92 Å². The lowest BCUT2D eigenvalue weighted by Gasteiger charge is -2.11. The maximum absolute atomic E-state index is 13.3. The van der Waals surface area contributed by atoms with Gasteiger partial charge in [0.2, 0.25) is 0 Å². The Balaban J connectivity index is 1.84. The van der Waals surface area contributed by atoms with Crippen LogP contribution >= 0.6 is 0 Å². The molecule has 2 unspecified atom stereocenters. The zero-order valence-corrected chi connectivity index (χ0v) is 12.2. The molecular weight excluding hydrogens is 285 g/mol. The van der Waals surface area contributed by atoms with Crippen molar-refractivity contribution < 1.29 is 13.2 Å². The molecule has 114 valence electrons. The van der Waals surface area contributed by atoms with Gasteiger partial charge in [-0.25, -0.2) is 13.2 Å². The third-order valence-corrected chi connectivity index (χ3v) is 4.51. The summed E-state index contributed by atoms with van der Waals surface area (Å²) >= 11 is 0. The zero-order valence-electron chi connectivity index (χ0n) is 12.2. The molecule has 3 rings (SSSR count). The van der Waals surface area contributed by atoms with E-state index in [1.165, 1.54) is 5.56 Å². The fourth-order valence-electron chi connectivity index (χ4n) is 3.20. The summed E-state index contributed by atoms with van der Waals surface area (Å²) in [6, 6.07) is 9.70. The summed E-state index contributed by atoms with van der Waals surface area (Å²) in [6.45, 7) is 3.85. The van der Waals surface area contributed by atoms with Gasteiger partial charge in [0.1, 0.15) is 0 Å². The van der Waals surface area contributed by atoms with E-state index in [-0.39, 0.29) is 0 Å². The van der Waals surface area contributed by atoms with Crippen LogP contribution in [-0.4, -0.2) is 0 Å². The molecule has 1 aliphatic carbocycles. The maximum atomic E-state index is 13.3. The van der Waals surface area contributed by atoms with Crippen LogP contribution in [0.15, 0.2) is 49.1 Å². The molecule has 0 radical (unpaired) electrons. The Bertz CT molecular complexity index is 665. The summed E-state index contributed by atoms with van der Waals surface area (Å²) in [5.74, 6) is -2.67. The van der Waals surface area contributed by atoms with Crippen LogP contribution in [0.4, 0.5) is 13.2 Å². The Morgan fingerprint density at radius 1 is 0.909 bits per heavy atom. The second-order valence-corrected chi connectivity index (χ2v) is 5.88. The number of hydrogen-bond donors (Lipinski definition) is 0. The summed E-state index contributed by atoms with van der Waals surface area (Å²) in [5, 5.41) is 0. The molecule has 1 saturated carbocycles. The molecule has 1 fully saturated rings. The highest BCUT2D eigenvalue weighted by Gasteiger charge is 2.23. The zero-order chi connectivity index (χ0) is 15.7. The highest BCUT2D eigenvalue weighted by atomic mass is 19.2. The van der Waals surface area contributed by atoms with Gasteiger partial charge >= 0.3 is 0 Å². The SMILES string of the molecule is C=CC1CCC(c2ccc(-c3cc(F)c(F)c(F)c3)cc2)C1. The smallest absolute Gasteiger partial charge is 0.194 e. The molecule has 0 heterocycles. The average Bonchev–Trinajstić information content (AvgIpc) is 3.01. The molecule has 0 bridgehead atoms. The van der Waals surface area contributed by atoms with Crippen molar-refractivity contribution in [1.82, 2.24) is 0 Å². The standard InChI is InChI=1S/C19H17F3/c1-2-12-3-4-15(9-12)13-5-7-14(8-6-13)16-10-17(20)19(22)18(21)11-16/h2,5-8,10-12,15H,1,3-4,9H2. The van der Waals surface area contributed by atoms with Crippen molar-refractivity contribution in [3.63, 3.8) is 0 Å². The Kier molecular flexibility index (Phi) is 4.06. The van der Waals surface area contributed by atoms with Crippen LogP contribution in [0.5, 0.6) is 0 Å². The molecular formula is C19H17F3. The third kappa shape index (κ3) is 2.80. The van der Waals surface area contributed by atoms with Crippen LogP contribution < -0.4 is 0 Å². The van der Waals surface area contributed by atoms with Crippen molar-refractivity contribution in [2.75, 3.05) is 0 Å². The van der Waals surface area contributed by atoms with Gasteiger partial charge in [0.25, 0.3) is 0 Å². The molecule has 0 aliphatic heterocycles. The van der Waals surface area contributed by atoms with E-state index in [9.17, 15) is 13.2 Å². The minimum Gasteiger partial charge on any atom is -0.204 e. The molecule has 2 aromatic carbocycles. The second-order valence-electron chi connectivity index (χ2n) is 5.88. The van der Waals surface area contributed by atoms with Gasteiger partial charge in [-0.2, -0.15) is 0 Å². The van der Waals surface area contributed by atoms with Gasteiger partial charge in [0.15, 0.2) is 17.5 Å². The summed E-state index contributed by atoms with van der Waals surface area (Å²) in [6.07, 6.45) is 5.40. The van der Waals surface area contributed by atoms with Crippen LogP contribution in [0.1, 0.15) is 30.7 Å². The van der Waals surface area contributed by atoms with Crippen LogP contribution in [-0.2, 0) is 0 Å². The predicted molar refractivity (Wildman–Crippen MR) is 82.0 cm³/mol. The highest BCUT2D eigenvalue weighted by molar-refractivity contribution is 5.64. The molecule has 0 amide bonds. The van der Waals surface area contributed by atoms with E-state index in [0.717, 1.165) is 31.4 Å². The highest BCUT2D eigenvalue weighted by Crippen LogP contribution is 2.39. The third-order valence-electron chi connectivity index (χ3n) is 4.51. The van der Waals surface area contributed by atoms with E-state index in [1.54, 1.807) is 0 Å². The summed E-state index contributed by atoms with van der Waals surface area (Å²) in [7, 11) is 0. The van der Waals surface area contributed by atoms with Gasteiger partial charge in [-0.3, -0.25) is 0 Å². The molecule has 2 aromatic rings. The van der Waals surface area contributed by atoms with E-state index in [4.69, 9.17) is 0 Å². The number of allylic oxidation sites excluding steroid dienone is 1. The van der Waals surface area contributed by atoms with Crippen molar-refractivity contribution in [3.05, 3.63) is 72.1 Å². The predicted octanol–water partition coefficient (Wildman–Crippen LogP) is 5.84. The average molecular weight is 302 g/mol. The molecule has 3 heteroatoms. The minimum absolute atomic E-state index is 0.346. The number of benzene rings is 2. The molecule has 0 spiro atoms. The Hall–Kier alpha value is -2.03. The van der Waals surface area contributed by atoms with Gasteiger partial charge < -0.3 is 0 Å². The first-order valence-electron chi connectivity index (χ1n) is 7.46. The van der Waals surface area contributed by atoms with Gasteiger partial charge in [-0.15, -0.1) is 6.58 Å². The number of halogens is 3. The molecule has 1 aliphatic rings. The fourth-order valence-corrected chi connectivity index (χ4v) is 3.20. The quantitative estimate of drug-likeness (QED) is 0.493. The summed E-state index contributed by atoms with van der Waals surface area (Å²) in [4.78, 5) is 0. The molecule has 0 aromatic heterocycles. The van der Waals surface area contributed by atoms with Gasteiger partial charge in [-0.1, -0.05) is 30.3 Å². The van der Waals surface area contributed by atoms with Gasteiger partial charge in [0.05, 0.1) is 0 Å². The largest absolute Gasteiger partial charge is 0.204 e. The topological polar surface area (TPSA) is 0 Å². The lowest BCUT2D eigenvalue weighted by molar-refractivity contribution is 0.448. The van der Waals surface area contributed by atoms with Gasteiger partial charge in [-0.05, 0) is 59.9 Å². The Morgan fingerprint density at radius 3 is 2.09 bits per heavy atom. The number of hydrogen-bond acceptors (Lipinski definition) is 0. The normalized spacial score (nSPS) is 21.0. The monoisotopic (exact) mass is 302 g/mol. The van der Waals surface area contributed by atoms with E-state index in [0.29, 0.717) is 23.0 Å². The van der Waals surface area contributed by atoms with E-state index < -0.39 is 17.5 Å². The first kappa shape index (κ1) is 14.9. The minimum atomic E-state index is -1.43. The first-order valence-corrected chi connectivity index (χ1v) is 7.46. The van der Waals surface area contributed by atoms with Crippen molar-refractivity contribution in [3.8, 4) is 11.1 Å². The lowest BCUT2D eigenvalue weighted by Crippen LogP contribution is -1.95. The maximum Gasteiger partial charge on any atom is 0.194 e. The molecule has 2 atom stereocenters. The van der Waals surface area contributed by atoms with Crippen molar-refractivity contribution in [2.45, 2.75) is 25.2 Å². The molecule has 22 heavy (non-hydrogen) atoms. The number of rotatable bonds is 3. The first-order chi connectivity index (χ1) is 10.6. The Morgan fingerprint density at radius 2 is 1.55 bits per heavy atom. The molecule has 0 saturated heterocycles. The summed E-state index contributed by atoms with van der Waals surface area (Å²) in [5.41, 5.74) is 2.26. The van der Waals surface area contributed by atoms with E-state index in [1.807, 2.05) is 30.3 Å². The lowest BCUT2D eigenvalue weighted by atomic mass is 9.94. The van der Waals surface area contributed by atoms with Crippen molar-refractivity contribution >= 4 is 0 Å². The van der Waals surface area contributed by atoms with Crippen LogP contribution in [0.3, 0.4) is 0 Å². The van der Waals surface area contributed by atoms with E-state index in [2.05, 4.69) is 6.58 Å². The summed E-state index contributed by atoms with van der Waals surface area (Å²) < 4.78 is 39.6. The Labute approximate surface area is 128 Å². The van der Waals surface area contributed by atoms with Crippen LogP contribution in [0.2, 0.25) is 0 Å².